The molecule has 0 saturated heterocycles. The van der Waals surface area contributed by atoms with Crippen molar-refractivity contribution in [2.75, 3.05) is 18.5 Å². The Bertz CT molecular complexity index is 889. The highest BCUT2D eigenvalue weighted by Gasteiger charge is 2.16. The van der Waals surface area contributed by atoms with Crippen LogP contribution < -0.4 is 5.32 Å². The number of hydrogen-bond donors (Lipinski definition) is 1. The van der Waals surface area contributed by atoms with Crippen molar-refractivity contribution < 1.29 is 9.53 Å². The van der Waals surface area contributed by atoms with Gasteiger partial charge in [0, 0.05) is 16.2 Å². The zero-order valence-corrected chi connectivity index (χ0v) is 15.1. The number of hydrogen-bond acceptors (Lipinski definition) is 4. The Hall–Kier alpha value is -2.34. The third kappa shape index (κ3) is 3.28. The highest BCUT2D eigenvalue weighted by Crippen LogP contribution is 2.31. The van der Waals surface area contributed by atoms with Gasteiger partial charge in [0.15, 0.2) is 0 Å². The van der Waals surface area contributed by atoms with E-state index in [1.807, 2.05) is 53.9 Å². The first-order chi connectivity index (χ1) is 11.6. The molecule has 0 fully saturated rings. The molecule has 0 spiro atoms. The number of nitrogens with zero attached hydrogens (tertiary/aromatic N) is 2. The summed E-state index contributed by atoms with van der Waals surface area (Å²) in [4.78, 5) is 16.5. The number of carbonyl (C=O) groups is 1. The third-order valence-corrected chi connectivity index (χ3v) is 4.16. The molecule has 124 valence electrons. The average molecular weight is 388 g/mol. The maximum atomic E-state index is 11.7. The van der Waals surface area contributed by atoms with Crippen molar-refractivity contribution in [1.29, 1.82) is 0 Å². The van der Waals surface area contributed by atoms with Gasteiger partial charge in [0.25, 0.3) is 0 Å². The molecule has 0 bridgehead atoms. The Morgan fingerprint density at radius 1 is 1.29 bits per heavy atom. The summed E-state index contributed by atoms with van der Waals surface area (Å²) >= 11 is 3.48. The van der Waals surface area contributed by atoms with E-state index in [0.29, 0.717) is 6.61 Å². The van der Waals surface area contributed by atoms with Crippen LogP contribution in [-0.2, 0) is 9.53 Å². The van der Waals surface area contributed by atoms with Crippen molar-refractivity contribution in [3.05, 3.63) is 52.6 Å². The van der Waals surface area contributed by atoms with Gasteiger partial charge in [-0.3, -0.25) is 9.20 Å². The first kappa shape index (κ1) is 16.5. The molecule has 0 radical (unpaired) electrons. The zero-order valence-electron chi connectivity index (χ0n) is 13.5. The van der Waals surface area contributed by atoms with Gasteiger partial charge < -0.3 is 10.1 Å². The van der Waals surface area contributed by atoms with E-state index in [-0.39, 0.29) is 12.5 Å². The van der Waals surface area contributed by atoms with Crippen LogP contribution in [0.2, 0.25) is 0 Å². The molecular weight excluding hydrogens is 370 g/mol. The van der Waals surface area contributed by atoms with E-state index in [1.165, 1.54) is 0 Å². The predicted octanol–water partition coefficient (Wildman–Crippen LogP) is 4.05. The lowest BCUT2D eigenvalue weighted by Gasteiger charge is -2.10. The zero-order chi connectivity index (χ0) is 17.1. The minimum Gasteiger partial charge on any atom is -0.465 e. The second kappa shape index (κ2) is 7.05. The van der Waals surface area contributed by atoms with Gasteiger partial charge in [-0.2, -0.15) is 0 Å². The minimum absolute atomic E-state index is 0.0903. The maximum Gasteiger partial charge on any atom is 0.325 e. The van der Waals surface area contributed by atoms with Crippen LogP contribution in [0.25, 0.3) is 16.9 Å². The number of nitrogens with one attached hydrogen (secondary N) is 1. The first-order valence-electron chi connectivity index (χ1n) is 7.73. The Kier molecular flexibility index (Phi) is 4.85. The second-order valence-electron chi connectivity index (χ2n) is 5.36. The number of benzene rings is 1. The molecule has 0 aliphatic carbocycles. The van der Waals surface area contributed by atoms with Crippen molar-refractivity contribution in [2.45, 2.75) is 13.8 Å². The van der Waals surface area contributed by atoms with E-state index in [1.54, 1.807) is 6.92 Å². The molecule has 24 heavy (non-hydrogen) atoms. The highest BCUT2D eigenvalue weighted by atomic mass is 79.9. The van der Waals surface area contributed by atoms with Crippen molar-refractivity contribution in [1.82, 2.24) is 9.38 Å². The van der Waals surface area contributed by atoms with E-state index in [2.05, 4.69) is 21.2 Å². The predicted molar refractivity (Wildman–Crippen MR) is 98.2 cm³/mol. The van der Waals surface area contributed by atoms with E-state index >= 15 is 0 Å². The lowest BCUT2D eigenvalue weighted by molar-refractivity contribution is -0.140. The molecule has 0 aliphatic rings. The van der Waals surface area contributed by atoms with Crippen molar-refractivity contribution in [3.8, 4) is 11.3 Å². The molecule has 3 aromatic rings. The van der Waals surface area contributed by atoms with Crippen LogP contribution in [0.3, 0.4) is 0 Å². The molecule has 0 saturated carbocycles. The van der Waals surface area contributed by atoms with E-state index < -0.39 is 0 Å². The fraction of sp³-hybridized carbons (Fsp3) is 0.222. The number of fused-ring (bicyclic) bond motifs is 1. The Morgan fingerprint density at radius 2 is 2.08 bits per heavy atom. The minimum atomic E-state index is -0.293. The molecule has 2 heterocycles. The van der Waals surface area contributed by atoms with Crippen molar-refractivity contribution in [2.24, 2.45) is 0 Å². The summed E-state index contributed by atoms with van der Waals surface area (Å²) in [6.45, 7) is 4.29. The van der Waals surface area contributed by atoms with E-state index in [9.17, 15) is 4.79 Å². The monoisotopic (exact) mass is 387 g/mol. The maximum absolute atomic E-state index is 11.7. The molecule has 0 atom stereocenters. The number of carbonyl (C=O) groups excluding carboxylic acids is 1. The molecule has 0 aliphatic heterocycles. The van der Waals surface area contributed by atoms with Gasteiger partial charge in [-0.15, -0.1) is 0 Å². The lowest BCUT2D eigenvalue weighted by atomic mass is 10.1. The van der Waals surface area contributed by atoms with Crippen LogP contribution in [-0.4, -0.2) is 28.5 Å². The standard InChI is InChI=1S/C18H18BrN3O2/c1-3-24-16(23)10-20-18-17(14-7-5-4-6-12(14)2)21-15-9-8-13(19)11-22(15)18/h4-9,11,20H,3,10H2,1-2H3. The quantitative estimate of drug-likeness (QED) is 0.671. The highest BCUT2D eigenvalue weighted by molar-refractivity contribution is 9.10. The molecule has 1 aromatic carbocycles. The summed E-state index contributed by atoms with van der Waals surface area (Å²) in [6, 6.07) is 11.9. The van der Waals surface area contributed by atoms with Crippen molar-refractivity contribution >= 4 is 33.4 Å². The topological polar surface area (TPSA) is 55.6 Å². The molecule has 1 N–H and O–H groups in total. The fourth-order valence-electron chi connectivity index (χ4n) is 2.58. The Balaban J connectivity index is 2.09. The van der Waals surface area contributed by atoms with E-state index in [4.69, 9.17) is 9.72 Å². The Labute approximate surface area is 148 Å². The molecular formula is C18H18BrN3O2. The smallest absolute Gasteiger partial charge is 0.325 e. The van der Waals surface area contributed by atoms with Gasteiger partial charge in [0.1, 0.15) is 23.7 Å². The largest absolute Gasteiger partial charge is 0.465 e. The van der Waals surface area contributed by atoms with Crippen LogP contribution >= 0.6 is 15.9 Å². The molecule has 2 aromatic heterocycles. The fourth-order valence-corrected chi connectivity index (χ4v) is 2.92. The van der Waals surface area contributed by atoms with Gasteiger partial charge in [-0.1, -0.05) is 24.3 Å². The van der Waals surface area contributed by atoms with Gasteiger partial charge >= 0.3 is 5.97 Å². The molecule has 5 nitrogen and oxygen atoms in total. The number of esters is 1. The van der Waals surface area contributed by atoms with Gasteiger partial charge in [-0.05, 0) is 47.5 Å². The number of pyridine rings is 1. The SMILES string of the molecule is CCOC(=O)CNc1c(-c2ccccc2C)nc2ccc(Br)cn12. The summed E-state index contributed by atoms with van der Waals surface area (Å²) in [5.41, 5.74) is 3.78. The number of ether oxygens (including phenoxy) is 1. The lowest BCUT2D eigenvalue weighted by Crippen LogP contribution is -2.18. The first-order valence-corrected chi connectivity index (χ1v) is 8.52. The van der Waals surface area contributed by atoms with Gasteiger partial charge in [0.2, 0.25) is 0 Å². The summed E-state index contributed by atoms with van der Waals surface area (Å²) in [6.07, 6.45) is 1.93. The molecule has 0 amide bonds. The molecule has 0 unspecified atom stereocenters. The van der Waals surface area contributed by atoms with Crippen LogP contribution in [0.1, 0.15) is 12.5 Å². The van der Waals surface area contributed by atoms with Crippen molar-refractivity contribution in [3.63, 3.8) is 0 Å². The summed E-state index contributed by atoms with van der Waals surface area (Å²) in [7, 11) is 0. The number of halogens is 1. The molecule has 3 rings (SSSR count). The number of anilines is 1. The average Bonchev–Trinajstić information content (AvgIpc) is 2.91. The second-order valence-corrected chi connectivity index (χ2v) is 6.27. The number of aromatic nitrogens is 2. The molecule has 6 heteroatoms. The summed E-state index contributed by atoms with van der Waals surface area (Å²) in [5.74, 6) is 0.479. The van der Waals surface area contributed by atoms with Gasteiger partial charge in [-0.25, -0.2) is 4.98 Å². The third-order valence-electron chi connectivity index (χ3n) is 3.69. The summed E-state index contributed by atoms with van der Waals surface area (Å²) < 4.78 is 7.87. The van der Waals surface area contributed by atoms with Gasteiger partial charge in [0.05, 0.1) is 6.61 Å². The number of aryl methyl sites for hydroxylation is 1. The number of rotatable bonds is 5. The van der Waals surface area contributed by atoms with E-state index in [0.717, 1.165) is 32.8 Å². The summed E-state index contributed by atoms with van der Waals surface area (Å²) in [5, 5.41) is 3.18. The normalized spacial score (nSPS) is 10.8. The van der Waals surface area contributed by atoms with Crippen LogP contribution in [0, 0.1) is 6.92 Å². The van der Waals surface area contributed by atoms with Crippen LogP contribution in [0.15, 0.2) is 47.1 Å². The van der Waals surface area contributed by atoms with Crippen LogP contribution in [0.4, 0.5) is 5.82 Å². The Morgan fingerprint density at radius 3 is 2.83 bits per heavy atom. The van der Waals surface area contributed by atoms with Crippen LogP contribution in [0.5, 0.6) is 0 Å². The number of imidazole rings is 1.